The second kappa shape index (κ2) is 5.56. The first kappa shape index (κ1) is 13.0. The molecule has 0 saturated carbocycles. The Morgan fingerprint density at radius 3 is 2.80 bits per heavy atom. The SMILES string of the molecule is CC=C=Cc1c(N2CCCCC2)ccc2c(C)noc12. The largest absolute Gasteiger partial charge is 0.371 e. The maximum absolute atomic E-state index is 5.55. The summed E-state index contributed by atoms with van der Waals surface area (Å²) in [6, 6.07) is 4.32. The maximum atomic E-state index is 5.55. The first-order chi connectivity index (χ1) is 9.81. The van der Waals surface area contributed by atoms with Crippen molar-refractivity contribution in [1.29, 1.82) is 0 Å². The molecule has 1 aromatic heterocycles. The van der Waals surface area contributed by atoms with Crippen LogP contribution in [0.25, 0.3) is 17.0 Å². The van der Waals surface area contributed by atoms with Crippen LogP contribution in [0.1, 0.15) is 37.4 Å². The highest BCUT2D eigenvalue weighted by atomic mass is 16.5. The fourth-order valence-electron chi connectivity index (χ4n) is 2.85. The molecule has 0 bridgehead atoms. The molecular formula is C17H20N2O. The number of anilines is 1. The van der Waals surface area contributed by atoms with E-state index in [0.717, 1.165) is 35.3 Å². The van der Waals surface area contributed by atoms with Crippen LogP contribution in [0.15, 0.2) is 28.5 Å². The van der Waals surface area contributed by atoms with Gasteiger partial charge in [-0.25, -0.2) is 0 Å². The minimum atomic E-state index is 0.875. The highest BCUT2D eigenvalue weighted by Crippen LogP contribution is 2.33. The normalized spacial score (nSPS) is 15.2. The van der Waals surface area contributed by atoms with Gasteiger partial charge in [-0.2, -0.15) is 0 Å². The lowest BCUT2D eigenvalue weighted by Crippen LogP contribution is -2.29. The second-order valence-corrected chi connectivity index (χ2v) is 5.29. The van der Waals surface area contributed by atoms with Crippen molar-refractivity contribution in [2.24, 2.45) is 0 Å². The molecule has 1 saturated heterocycles. The van der Waals surface area contributed by atoms with Gasteiger partial charge in [-0.15, -0.1) is 5.73 Å². The van der Waals surface area contributed by atoms with E-state index in [1.165, 1.54) is 24.9 Å². The van der Waals surface area contributed by atoms with Gasteiger partial charge in [-0.05, 0) is 57.4 Å². The zero-order valence-corrected chi connectivity index (χ0v) is 12.1. The predicted octanol–water partition coefficient (Wildman–Crippen LogP) is 4.31. The number of rotatable bonds is 2. The van der Waals surface area contributed by atoms with Crippen molar-refractivity contribution in [3.05, 3.63) is 35.2 Å². The van der Waals surface area contributed by atoms with Crippen LogP contribution >= 0.6 is 0 Å². The molecule has 104 valence electrons. The first-order valence-corrected chi connectivity index (χ1v) is 7.32. The summed E-state index contributed by atoms with van der Waals surface area (Å²) in [7, 11) is 0. The van der Waals surface area contributed by atoms with Gasteiger partial charge in [-0.1, -0.05) is 5.16 Å². The molecule has 0 aliphatic carbocycles. The molecule has 1 aromatic carbocycles. The molecule has 0 atom stereocenters. The number of aryl methyl sites for hydroxylation is 1. The van der Waals surface area contributed by atoms with E-state index in [9.17, 15) is 0 Å². The van der Waals surface area contributed by atoms with E-state index in [-0.39, 0.29) is 0 Å². The van der Waals surface area contributed by atoms with Gasteiger partial charge in [0.2, 0.25) is 0 Å². The molecule has 0 unspecified atom stereocenters. The number of benzene rings is 1. The molecule has 0 radical (unpaired) electrons. The molecule has 0 amide bonds. The molecule has 0 spiro atoms. The van der Waals surface area contributed by atoms with Gasteiger partial charge in [-0.3, -0.25) is 0 Å². The van der Waals surface area contributed by atoms with Gasteiger partial charge in [0.1, 0.15) is 0 Å². The Balaban J connectivity index is 2.17. The van der Waals surface area contributed by atoms with E-state index in [1.807, 2.05) is 26.0 Å². The molecule has 2 heterocycles. The summed E-state index contributed by atoms with van der Waals surface area (Å²) in [5, 5.41) is 5.19. The molecule has 0 N–H and O–H groups in total. The number of hydrogen-bond donors (Lipinski definition) is 0. The summed E-state index contributed by atoms with van der Waals surface area (Å²) in [4.78, 5) is 2.45. The lowest BCUT2D eigenvalue weighted by atomic mass is 10.0. The van der Waals surface area contributed by atoms with Gasteiger partial charge in [0, 0.05) is 24.2 Å². The molecular weight excluding hydrogens is 248 g/mol. The van der Waals surface area contributed by atoms with Crippen LogP contribution < -0.4 is 4.90 Å². The minimum Gasteiger partial charge on any atom is -0.371 e. The third-order valence-corrected chi connectivity index (χ3v) is 3.93. The van der Waals surface area contributed by atoms with Crippen LogP contribution in [0.5, 0.6) is 0 Å². The monoisotopic (exact) mass is 268 g/mol. The van der Waals surface area contributed by atoms with Crippen LogP contribution in [-0.4, -0.2) is 18.2 Å². The van der Waals surface area contributed by atoms with Gasteiger partial charge in [0.15, 0.2) is 5.58 Å². The van der Waals surface area contributed by atoms with Gasteiger partial charge in [0.25, 0.3) is 0 Å². The van der Waals surface area contributed by atoms with Crippen molar-refractivity contribution in [2.45, 2.75) is 33.1 Å². The Kier molecular flexibility index (Phi) is 3.62. The fourth-order valence-corrected chi connectivity index (χ4v) is 2.85. The Morgan fingerprint density at radius 1 is 1.25 bits per heavy atom. The first-order valence-electron chi connectivity index (χ1n) is 7.32. The average molecular weight is 268 g/mol. The van der Waals surface area contributed by atoms with Crippen molar-refractivity contribution in [1.82, 2.24) is 5.16 Å². The van der Waals surface area contributed by atoms with Crippen molar-refractivity contribution < 1.29 is 4.52 Å². The van der Waals surface area contributed by atoms with Crippen molar-refractivity contribution in [3.8, 4) is 0 Å². The number of fused-ring (bicyclic) bond motifs is 1. The average Bonchev–Trinajstić information content (AvgIpc) is 2.87. The van der Waals surface area contributed by atoms with E-state index in [1.54, 1.807) is 0 Å². The molecule has 3 heteroatoms. The topological polar surface area (TPSA) is 29.3 Å². The molecule has 1 fully saturated rings. The van der Waals surface area contributed by atoms with Crippen molar-refractivity contribution in [2.75, 3.05) is 18.0 Å². The summed E-state index contributed by atoms with van der Waals surface area (Å²) in [5.74, 6) is 0. The zero-order valence-electron chi connectivity index (χ0n) is 12.1. The van der Waals surface area contributed by atoms with E-state index in [4.69, 9.17) is 4.52 Å². The summed E-state index contributed by atoms with van der Waals surface area (Å²) >= 11 is 0. The highest BCUT2D eigenvalue weighted by Gasteiger charge is 2.18. The third-order valence-electron chi connectivity index (χ3n) is 3.93. The number of aromatic nitrogens is 1. The van der Waals surface area contributed by atoms with Crippen molar-refractivity contribution in [3.63, 3.8) is 0 Å². The Bertz CT molecular complexity index is 672. The lowest BCUT2D eigenvalue weighted by Gasteiger charge is -2.30. The van der Waals surface area contributed by atoms with Crippen LogP contribution in [-0.2, 0) is 0 Å². The van der Waals surface area contributed by atoms with Crippen LogP contribution in [0.3, 0.4) is 0 Å². The molecule has 3 rings (SSSR count). The van der Waals surface area contributed by atoms with Gasteiger partial charge < -0.3 is 9.42 Å². The lowest BCUT2D eigenvalue weighted by molar-refractivity contribution is 0.450. The Hall–Kier alpha value is -1.99. The van der Waals surface area contributed by atoms with Gasteiger partial charge in [0.05, 0.1) is 11.3 Å². The quantitative estimate of drug-likeness (QED) is 0.760. The number of nitrogens with zero attached hydrogens (tertiary/aromatic N) is 2. The number of piperidine rings is 1. The summed E-state index contributed by atoms with van der Waals surface area (Å²) in [5.41, 5.74) is 7.34. The summed E-state index contributed by atoms with van der Waals surface area (Å²) in [6.45, 7) is 6.20. The van der Waals surface area contributed by atoms with E-state index < -0.39 is 0 Å². The number of allylic oxidation sites excluding steroid dienone is 1. The second-order valence-electron chi connectivity index (χ2n) is 5.29. The summed E-state index contributed by atoms with van der Waals surface area (Å²) in [6.07, 6.45) is 7.79. The molecule has 2 aromatic rings. The smallest absolute Gasteiger partial charge is 0.177 e. The predicted molar refractivity (Wildman–Crippen MR) is 83.0 cm³/mol. The van der Waals surface area contributed by atoms with Crippen LogP contribution in [0.4, 0.5) is 5.69 Å². The Labute approximate surface area is 119 Å². The fraction of sp³-hybridized carbons (Fsp3) is 0.412. The molecule has 20 heavy (non-hydrogen) atoms. The van der Waals surface area contributed by atoms with Gasteiger partial charge >= 0.3 is 0 Å². The standard InChI is InChI=1S/C17H20N2O/c1-3-4-8-15-16(19-11-6-5-7-12-19)10-9-14-13(2)18-20-17(14)15/h3,8-10H,5-7,11-12H2,1-2H3. The summed E-state index contributed by atoms with van der Waals surface area (Å²) < 4.78 is 5.55. The maximum Gasteiger partial charge on any atom is 0.177 e. The van der Waals surface area contributed by atoms with E-state index in [2.05, 4.69) is 27.9 Å². The minimum absolute atomic E-state index is 0.875. The number of hydrogen-bond acceptors (Lipinski definition) is 3. The molecule has 1 aliphatic heterocycles. The highest BCUT2D eigenvalue weighted by molar-refractivity contribution is 5.93. The van der Waals surface area contributed by atoms with Crippen molar-refractivity contribution >= 4 is 22.7 Å². The zero-order chi connectivity index (χ0) is 13.9. The molecule has 3 nitrogen and oxygen atoms in total. The third kappa shape index (κ3) is 2.25. The van der Waals surface area contributed by atoms with E-state index in [0.29, 0.717) is 0 Å². The van der Waals surface area contributed by atoms with Crippen LogP contribution in [0.2, 0.25) is 0 Å². The van der Waals surface area contributed by atoms with Crippen LogP contribution in [0, 0.1) is 6.92 Å². The Morgan fingerprint density at radius 2 is 2.05 bits per heavy atom. The molecule has 1 aliphatic rings. The van der Waals surface area contributed by atoms with E-state index >= 15 is 0 Å².